The minimum absolute atomic E-state index is 0.00905. The Hall–Kier alpha value is -3.59. The zero-order valence-corrected chi connectivity index (χ0v) is 21.9. The van der Waals surface area contributed by atoms with Gasteiger partial charge in [0.25, 0.3) is 5.91 Å². The molecule has 36 heavy (non-hydrogen) atoms. The second-order valence-corrected chi connectivity index (χ2v) is 9.88. The SMILES string of the molecule is COc1cc(O)c(-c2nnc(C(=O)NC(C)C)n2-c2ccc(N3CCN(C)CC3)cc2)cc1C(C)C. The third kappa shape index (κ3) is 5.16. The molecule has 2 N–H and O–H groups in total. The summed E-state index contributed by atoms with van der Waals surface area (Å²) in [4.78, 5) is 17.7. The van der Waals surface area contributed by atoms with Gasteiger partial charge in [-0.25, -0.2) is 0 Å². The summed E-state index contributed by atoms with van der Waals surface area (Å²) in [5, 5.41) is 22.4. The Bertz CT molecular complexity index is 1210. The number of piperazine rings is 1. The predicted molar refractivity (Wildman–Crippen MR) is 141 cm³/mol. The average Bonchev–Trinajstić information content (AvgIpc) is 3.29. The van der Waals surface area contributed by atoms with Gasteiger partial charge in [-0.2, -0.15) is 0 Å². The zero-order valence-electron chi connectivity index (χ0n) is 21.9. The smallest absolute Gasteiger partial charge is 0.289 e. The Morgan fingerprint density at radius 3 is 2.22 bits per heavy atom. The topological polar surface area (TPSA) is 95.8 Å². The monoisotopic (exact) mass is 492 g/mol. The van der Waals surface area contributed by atoms with Crippen molar-refractivity contribution in [3.63, 3.8) is 0 Å². The molecule has 0 aliphatic carbocycles. The number of amides is 1. The summed E-state index contributed by atoms with van der Waals surface area (Å²) < 4.78 is 7.19. The number of nitrogens with zero attached hydrogens (tertiary/aromatic N) is 5. The number of aromatic nitrogens is 3. The minimum Gasteiger partial charge on any atom is -0.507 e. The van der Waals surface area contributed by atoms with E-state index in [0.29, 0.717) is 17.1 Å². The normalized spacial score (nSPS) is 14.5. The minimum atomic E-state index is -0.330. The van der Waals surface area contributed by atoms with Gasteiger partial charge in [-0.3, -0.25) is 9.36 Å². The molecule has 1 aromatic heterocycles. The first-order valence-corrected chi connectivity index (χ1v) is 12.4. The van der Waals surface area contributed by atoms with Crippen LogP contribution in [0.15, 0.2) is 36.4 Å². The lowest BCUT2D eigenvalue weighted by Crippen LogP contribution is -2.44. The van der Waals surface area contributed by atoms with Crippen molar-refractivity contribution in [1.82, 2.24) is 25.0 Å². The fraction of sp³-hybridized carbons (Fsp3) is 0.444. The molecule has 2 heterocycles. The number of anilines is 1. The molecule has 0 radical (unpaired) electrons. The van der Waals surface area contributed by atoms with Crippen LogP contribution in [-0.2, 0) is 0 Å². The Morgan fingerprint density at radius 1 is 1.00 bits per heavy atom. The van der Waals surface area contributed by atoms with Crippen LogP contribution in [0.4, 0.5) is 5.69 Å². The summed E-state index contributed by atoms with van der Waals surface area (Å²) in [6, 6.07) is 11.4. The molecule has 9 heteroatoms. The van der Waals surface area contributed by atoms with E-state index in [2.05, 4.69) is 58.3 Å². The van der Waals surface area contributed by atoms with E-state index in [1.165, 1.54) is 0 Å². The first-order chi connectivity index (χ1) is 17.2. The van der Waals surface area contributed by atoms with Gasteiger partial charge in [-0.15, -0.1) is 10.2 Å². The van der Waals surface area contributed by atoms with Gasteiger partial charge in [0, 0.05) is 49.7 Å². The summed E-state index contributed by atoms with van der Waals surface area (Å²) in [5.41, 5.74) is 3.28. The van der Waals surface area contributed by atoms with Crippen molar-refractivity contribution >= 4 is 11.6 Å². The summed E-state index contributed by atoms with van der Waals surface area (Å²) in [6.07, 6.45) is 0. The van der Waals surface area contributed by atoms with Gasteiger partial charge < -0.3 is 25.0 Å². The molecule has 0 spiro atoms. The molecule has 0 atom stereocenters. The highest BCUT2D eigenvalue weighted by Crippen LogP contribution is 2.38. The highest BCUT2D eigenvalue weighted by Gasteiger charge is 2.25. The van der Waals surface area contributed by atoms with E-state index in [1.54, 1.807) is 17.7 Å². The number of carbonyl (C=O) groups excluding carboxylic acids is 1. The number of phenols is 1. The van der Waals surface area contributed by atoms with Gasteiger partial charge in [0.1, 0.15) is 11.5 Å². The molecular weight excluding hydrogens is 456 g/mol. The Kier molecular flexibility index (Phi) is 7.49. The average molecular weight is 493 g/mol. The van der Waals surface area contributed by atoms with E-state index < -0.39 is 0 Å². The molecule has 1 saturated heterocycles. The highest BCUT2D eigenvalue weighted by molar-refractivity contribution is 5.92. The number of benzene rings is 2. The standard InChI is InChI=1S/C27H36N6O3/c1-17(2)21-15-22(23(34)16-24(21)36-6)25-29-30-26(27(35)28-18(3)4)33(25)20-9-7-19(8-10-20)32-13-11-31(5)12-14-32/h7-10,15-18,34H,11-14H2,1-6H3,(H,28,35). The van der Waals surface area contributed by atoms with Crippen LogP contribution < -0.4 is 15.0 Å². The van der Waals surface area contributed by atoms with Gasteiger partial charge >= 0.3 is 0 Å². The molecule has 9 nitrogen and oxygen atoms in total. The van der Waals surface area contributed by atoms with Crippen LogP contribution >= 0.6 is 0 Å². The van der Waals surface area contributed by atoms with Crippen molar-refractivity contribution in [3.05, 3.63) is 47.8 Å². The Labute approximate surface area is 212 Å². The lowest BCUT2D eigenvalue weighted by atomic mass is 9.98. The number of carbonyl (C=O) groups is 1. The number of rotatable bonds is 7. The second-order valence-electron chi connectivity index (χ2n) is 9.88. The van der Waals surface area contributed by atoms with E-state index in [0.717, 1.165) is 43.1 Å². The zero-order chi connectivity index (χ0) is 26.0. The maximum atomic E-state index is 13.1. The third-order valence-electron chi connectivity index (χ3n) is 6.47. The number of methoxy groups -OCH3 is 1. The molecule has 4 rings (SSSR count). The molecule has 1 aliphatic heterocycles. The molecular formula is C27H36N6O3. The van der Waals surface area contributed by atoms with E-state index in [-0.39, 0.29) is 29.4 Å². The van der Waals surface area contributed by atoms with Crippen LogP contribution in [0.3, 0.4) is 0 Å². The van der Waals surface area contributed by atoms with Crippen LogP contribution in [0.2, 0.25) is 0 Å². The van der Waals surface area contributed by atoms with Crippen LogP contribution in [0.25, 0.3) is 17.1 Å². The fourth-order valence-electron chi connectivity index (χ4n) is 4.45. The molecule has 0 unspecified atom stereocenters. The van der Waals surface area contributed by atoms with Crippen molar-refractivity contribution in [2.45, 2.75) is 39.7 Å². The number of nitrogens with one attached hydrogen (secondary N) is 1. The number of ether oxygens (including phenoxy) is 1. The van der Waals surface area contributed by atoms with Crippen molar-refractivity contribution in [2.75, 3.05) is 45.2 Å². The number of hydrogen-bond donors (Lipinski definition) is 2. The van der Waals surface area contributed by atoms with Crippen LogP contribution in [-0.4, -0.2) is 77.1 Å². The molecule has 2 aromatic carbocycles. The number of phenolic OH excluding ortho intramolecular Hbond substituents is 1. The summed E-state index contributed by atoms with van der Waals surface area (Å²) >= 11 is 0. The second kappa shape index (κ2) is 10.6. The van der Waals surface area contributed by atoms with Crippen LogP contribution in [0.5, 0.6) is 11.5 Å². The highest BCUT2D eigenvalue weighted by atomic mass is 16.5. The quantitative estimate of drug-likeness (QED) is 0.520. The van der Waals surface area contributed by atoms with Gasteiger partial charge in [-0.1, -0.05) is 13.8 Å². The summed E-state index contributed by atoms with van der Waals surface area (Å²) in [7, 11) is 3.72. The molecule has 1 aliphatic rings. The lowest BCUT2D eigenvalue weighted by Gasteiger charge is -2.34. The predicted octanol–water partition coefficient (Wildman–Crippen LogP) is 3.66. The van der Waals surface area contributed by atoms with Gasteiger partial charge in [0.15, 0.2) is 5.82 Å². The number of likely N-dealkylation sites (N-methyl/N-ethyl adjacent to an activating group) is 1. The van der Waals surface area contributed by atoms with Crippen LogP contribution in [0.1, 0.15) is 49.8 Å². The largest absolute Gasteiger partial charge is 0.507 e. The van der Waals surface area contributed by atoms with Gasteiger partial charge in [-0.05, 0) is 62.7 Å². The molecule has 0 bridgehead atoms. The first-order valence-electron chi connectivity index (χ1n) is 12.4. The molecule has 0 saturated carbocycles. The molecule has 1 fully saturated rings. The van der Waals surface area contributed by atoms with E-state index in [9.17, 15) is 9.90 Å². The third-order valence-corrected chi connectivity index (χ3v) is 6.47. The maximum absolute atomic E-state index is 13.1. The van der Waals surface area contributed by atoms with E-state index in [4.69, 9.17) is 4.74 Å². The summed E-state index contributed by atoms with van der Waals surface area (Å²) in [5.74, 6) is 0.985. The Morgan fingerprint density at radius 2 is 1.64 bits per heavy atom. The molecule has 1 amide bonds. The van der Waals surface area contributed by atoms with Crippen molar-refractivity contribution in [3.8, 4) is 28.6 Å². The Balaban J connectivity index is 1.81. The fourth-order valence-corrected chi connectivity index (χ4v) is 4.45. The van der Waals surface area contributed by atoms with E-state index in [1.807, 2.05) is 32.0 Å². The first kappa shape index (κ1) is 25.5. The van der Waals surface area contributed by atoms with E-state index >= 15 is 0 Å². The molecule has 3 aromatic rings. The van der Waals surface area contributed by atoms with Crippen molar-refractivity contribution in [1.29, 1.82) is 0 Å². The number of hydrogen-bond acceptors (Lipinski definition) is 7. The van der Waals surface area contributed by atoms with Crippen LogP contribution in [0, 0.1) is 0 Å². The van der Waals surface area contributed by atoms with Crippen molar-refractivity contribution < 1.29 is 14.6 Å². The lowest BCUT2D eigenvalue weighted by molar-refractivity contribution is 0.0930. The number of aromatic hydroxyl groups is 1. The summed E-state index contributed by atoms with van der Waals surface area (Å²) in [6.45, 7) is 11.9. The van der Waals surface area contributed by atoms with Crippen molar-refractivity contribution in [2.24, 2.45) is 0 Å². The van der Waals surface area contributed by atoms with Gasteiger partial charge in [0.05, 0.1) is 12.7 Å². The van der Waals surface area contributed by atoms with Gasteiger partial charge in [0.2, 0.25) is 5.82 Å². The molecule has 192 valence electrons. The maximum Gasteiger partial charge on any atom is 0.289 e.